The molecule has 1 aliphatic carbocycles. The Kier molecular flexibility index (Phi) is 6.69. The molecule has 1 saturated carbocycles. The van der Waals surface area contributed by atoms with E-state index in [2.05, 4.69) is 17.2 Å². The van der Waals surface area contributed by atoms with Crippen molar-refractivity contribution in [3.05, 3.63) is 41.6 Å². The molecule has 0 spiro atoms. The second-order valence-electron chi connectivity index (χ2n) is 9.91. The van der Waals surface area contributed by atoms with Crippen LogP contribution in [0.3, 0.4) is 0 Å². The van der Waals surface area contributed by atoms with Gasteiger partial charge in [-0.25, -0.2) is 0 Å². The van der Waals surface area contributed by atoms with Gasteiger partial charge in [0.15, 0.2) is 0 Å². The molecule has 1 aromatic carbocycles. The summed E-state index contributed by atoms with van der Waals surface area (Å²) in [6.45, 7) is 7.06. The van der Waals surface area contributed by atoms with Crippen molar-refractivity contribution in [3.63, 3.8) is 0 Å². The molecular formula is C26H35N3O4. The van der Waals surface area contributed by atoms with E-state index in [1.54, 1.807) is 4.90 Å². The number of nitrogens with one attached hydrogen (secondary N) is 2. The highest BCUT2D eigenvalue weighted by Gasteiger charge is 2.38. The monoisotopic (exact) mass is 453 g/mol. The van der Waals surface area contributed by atoms with E-state index in [-0.39, 0.29) is 17.9 Å². The number of rotatable bonds is 6. The van der Waals surface area contributed by atoms with E-state index in [1.165, 1.54) is 12.8 Å². The summed E-state index contributed by atoms with van der Waals surface area (Å²) in [5, 5.41) is 6.58. The molecule has 7 heteroatoms. The van der Waals surface area contributed by atoms with Crippen molar-refractivity contribution in [3.8, 4) is 5.75 Å². The second-order valence-corrected chi connectivity index (χ2v) is 9.91. The molecule has 2 saturated heterocycles. The minimum absolute atomic E-state index is 0.0714. The van der Waals surface area contributed by atoms with Gasteiger partial charge in [0.05, 0.1) is 0 Å². The van der Waals surface area contributed by atoms with Crippen LogP contribution in [0.15, 0.2) is 30.5 Å². The van der Waals surface area contributed by atoms with Gasteiger partial charge in [-0.05, 0) is 81.2 Å². The maximum Gasteiger partial charge on any atom is 0.255 e. The van der Waals surface area contributed by atoms with Crippen LogP contribution < -0.4 is 15.4 Å². The average molecular weight is 454 g/mol. The van der Waals surface area contributed by atoms with Crippen LogP contribution in [0.2, 0.25) is 0 Å². The van der Waals surface area contributed by atoms with E-state index in [1.807, 2.05) is 18.2 Å². The Morgan fingerprint density at radius 3 is 2.76 bits per heavy atom. The molecular weight excluding hydrogens is 418 g/mol. The molecule has 3 heterocycles. The van der Waals surface area contributed by atoms with E-state index in [4.69, 9.17) is 9.47 Å². The lowest BCUT2D eigenvalue weighted by Crippen LogP contribution is -2.49. The van der Waals surface area contributed by atoms with Gasteiger partial charge in [0, 0.05) is 37.1 Å². The fourth-order valence-electron chi connectivity index (χ4n) is 5.62. The summed E-state index contributed by atoms with van der Waals surface area (Å²) in [6.07, 6.45) is 8.31. The molecule has 3 fully saturated rings. The van der Waals surface area contributed by atoms with Crippen molar-refractivity contribution in [2.75, 3.05) is 19.8 Å². The molecule has 0 radical (unpaired) electrons. The van der Waals surface area contributed by atoms with Crippen molar-refractivity contribution >= 4 is 11.8 Å². The first-order valence-corrected chi connectivity index (χ1v) is 12.5. The number of nitrogens with zero attached hydrogens (tertiary/aromatic N) is 1. The predicted molar refractivity (Wildman–Crippen MR) is 125 cm³/mol. The Hall–Kier alpha value is -2.38. The summed E-state index contributed by atoms with van der Waals surface area (Å²) in [5.74, 6) is 1.30. The van der Waals surface area contributed by atoms with E-state index in [0.717, 1.165) is 62.5 Å². The first kappa shape index (κ1) is 22.4. The number of carbonyl (C=O) groups excluding carboxylic acids is 2. The molecule has 2 N–H and O–H groups in total. The van der Waals surface area contributed by atoms with Crippen LogP contribution >= 0.6 is 0 Å². The predicted octanol–water partition coefficient (Wildman–Crippen LogP) is 3.14. The summed E-state index contributed by atoms with van der Waals surface area (Å²) in [6, 6.07) is 5.69. The highest BCUT2D eigenvalue weighted by Crippen LogP contribution is 2.32. The van der Waals surface area contributed by atoms with Crippen LogP contribution in [-0.4, -0.2) is 54.7 Å². The number of hydrogen-bond donors (Lipinski definition) is 2. The van der Waals surface area contributed by atoms with Gasteiger partial charge in [-0.2, -0.15) is 0 Å². The number of amides is 2. The fourth-order valence-corrected chi connectivity index (χ4v) is 5.62. The van der Waals surface area contributed by atoms with Crippen molar-refractivity contribution in [1.29, 1.82) is 0 Å². The number of fused-ring (bicyclic) bond motifs is 1. The molecule has 0 bridgehead atoms. The summed E-state index contributed by atoms with van der Waals surface area (Å²) in [5.41, 5.74) is 2.35. The molecule has 5 rings (SSSR count). The molecule has 4 aliphatic rings. The standard InChI is InChI=1S/C26H35N3O4/c1-17-6-9-23(25(30)28-17)29-16-19-14-20(7-8-21(19)26(29)31)33-24-5-3-2-4-22(24)27-15-18-10-12-32-13-11-18/h7-8,14,18,22-24,27H,1-6,9-13,15-16H2,(H,28,30)/t22-,23?,24+/m0/s1. The van der Waals surface area contributed by atoms with Gasteiger partial charge < -0.3 is 25.0 Å². The highest BCUT2D eigenvalue weighted by atomic mass is 16.5. The van der Waals surface area contributed by atoms with Crippen LogP contribution in [0.25, 0.3) is 0 Å². The van der Waals surface area contributed by atoms with Gasteiger partial charge in [0.1, 0.15) is 17.9 Å². The first-order valence-electron chi connectivity index (χ1n) is 12.5. The topological polar surface area (TPSA) is 79.9 Å². The molecule has 3 atom stereocenters. The Balaban J connectivity index is 1.22. The van der Waals surface area contributed by atoms with Gasteiger partial charge in [-0.1, -0.05) is 13.0 Å². The number of piperidine rings is 1. The zero-order valence-corrected chi connectivity index (χ0v) is 19.3. The summed E-state index contributed by atoms with van der Waals surface area (Å²) >= 11 is 0. The van der Waals surface area contributed by atoms with E-state index in [9.17, 15) is 9.59 Å². The highest BCUT2D eigenvalue weighted by molar-refractivity contribution is 6.01. The van der Waals surface area contributed by atoms with E-state index >= 15 is 0 Å². The third-order valence-electron chi connectivity index (χ3n) is 7.61. The minimum atomic E-state index is -0.433. The summed E-state index contributed by atoms with van der Waals surface area (Å²) in [7, 11) is 0. The minimum Gasteiger partial charge on any atom is -0.489 e. The fraction of sp³-hybridized carbons (Fsp3) is 0.615. The third-order valence-corrected chi connectivity index (χ3v) is 7.61. The average Bonchev–Trinajstić information content (AvgIpc) is 3.14. The lowest BCUT2D eigenvalue weighted by molar-refractivity contribution is -0.126. The molecule has 7 nitrogen and oxygen atoms in total. The van der Waals surface area contributed by atoms with E-state index < -0.39 is 6.04 Å². The van der Waals surface area contributed by atoms with Crippen LogP contribution in [0, 0.1) is 5.92 Å². The molecule has 0 aromatic heterocycles. The van der Waals surface area contributed by atoms with Crippen molar-refractivity contribution < 1.29 is 19.1 Å². The summed E-state index contributed by atoms with van der Waals surface area (Å²) < 4.78 is 12.0. The second kappa shape index (κ2) is 9.85. The lowest BCUT2D eigenvalue weighted by atomic mass is 9.91. The van der Waals surface area contributed by atoms with E-state index in [0.29, 0.717) is 36.9 Å². The zero-order chi connectivity index (χ0) is 22.8. The largest absolute Gasteiger partial charge is 0.489 e. The third kappa shape index (κ3) is 4.94. The molecule has 33 heavy (non-hydrogen) atoms. The molecule has 3 aliphatic heterocycles. The van der Waals surface area contributed by atoms with Crippen molar-refractivity contribution in [2.24, 2.45) is 5.92 Å². The Labute approximate surface area is 195 Å². The molecule has 1 aromatic rings. The van der Waals surface area contributed by atoms with Crippen LogP contribution in [0.1, 0.15) is 67.3 Å². The van der Waals surface area contributed by atoms with Gasteiger partial charge in [-0.15, -0.1) is 0 Å². The molecule has 178 valence electrons. The lowest BCUT2D eigenvalue weighted by Gasteiger charge is -2.34. The Morgan fingerprint density at radius 1 is 1.12 bits per heavy atom. The van der Waals surface area contributed by atoms with Gasteiger partial charge in [-0.3, -0.25) is 9.59 Å². The first-order chi connectivity index (χ1) is 16.1. The quantitative estimate of drug-likeness (QED) is 0.692. The van der Waals surface area contributed by atoms with Crippen LogP contribution in [-0.2, 0) is 16.1 Å². The number of benzene rings is 1. The molecule has 2 amide bonds. The SMILES string of the molecule is C=C1CCC(N2Cc3cc(O[C@@H]4CCCC[C@@H]4NCC4CCOCC4)ccc3C2=O)C(=O)N1. The summed E-state index contributed by atoms with van der Waals surface area (Å²) in [4.78, 5) is 27.1. The Morgan fingerprint density at radius 2 is 1.94 bits per heavy atom. The number of carbonyl (C=O) groups is 2. The van der Waals surface area contributed by atoms with Crippen molar-refractivity contribution in [1.82, 2.24) is 15.5 Å². The normalized spacial score (nSPS) is 28.5. The maximum absolute atomic E-state index is 13.0. The number of allylic oxidation sites excluding steroid dienone is 1. The van der Waals surface area contributed by atoms with Crippen LogP contribution in [0.5, 0.6) is 5.75 Å². The molecule has 1 unspecified atom stereocenters. The number of hydrogen-bond acceptors (Lipinski definition) is 5. The van der Waals surface area contributed by atoms with Gasteiger partial charge in [0.2, 0.25) is 5.91 Å². The number of ether oxygens (including phenoxy) is 2. The zero-order valence-electron chi connectivity index (χ0n) is 19.3. The van der Waals surface area contributed by atoms with Crippen molar-refractivity contribution in [2.45, 2.75) is 76.1 Å². The van der Waals surface area contributed by atoms with Gasteiger partial charge >= 0.3 is 0 Å². The van der Waals surface area contributed by atoms with Gasteiger partial charge in [0.25, 0.3) is 5.91 Å². The maximum atomic E-state index is 13.0. The smallest absolute Gasteiger partial charge is 0.255 e. The van der Waals surface area contributed by atoms with Crippen LogP contribution in [0.4, 0.5) is 0 Å². The Bertz CT molecular complexity index is 911.